The second-order valence-electron chi connectivity index (χ2n) is 4.15. The van der Waals surface area contributed by atoms with Gasteiger partial charge in [-0.1, -0.05) is 42.5 Å². The maximum atomic E-state index is 12.2. The van der Waals surface area contributed by atoms with Crippen LogP contribution in [0.15, 0.2) is 53.4 Å². The van der Waals surface area contributed by atoms with Crippen LogP contribution in [-0.2, 0) is 10.1 Å². The van der Waals surface area contributed by atoms with Gasteiger partial charge in [-0.3, -0.25) is 9.35 Å². The standard InChI is InChI=1S/C14H12O4S/c1-10-7-8-12(9-13(10)19(16,17)18)14(15)11-5-3-2-4-6-11/h2-9H,1H3,(H,16,17,18). The van der Waals surface area contributed by atoms with Gasteiger partial charge in [-0.15, -0.1) is 0 Å². The Labute approximate surface area is 111 Å². The van der Waals surface area contributed by atoms with E-state index < -0.39 is 10.1 Å². The van der Waals surface area contributed by atoms with Gasteiger partial charge in [0.2, 0.25) is 0 Å². The Hall–Kier alpha value is -1.98. The highest BCUT2D eigenvalue weighted by molar-refractivity contribution is 7.85. The van der Waals surface area contributed by atoms with E-state index in [0.29, 0.717) is 11.1 Å². The Morgan fingerprint density at radius 1 is 1.00 bits per heavy atom. The van der Waals surface area contributed by atoms with Gasteiger partial charge in [0.1, 0.15) is 0 Å². The van der Waals surface area contributed by atoms with Gasteiger partial charge in [0.25, 0.3) is 10.1 Å². The minimum absolute atomic E-state index is 0.226. The van der Waals surface area contributed by atoms with Crippen molar-refractivity contribution in [3.8, 4) is 0 Å². The van der Waals surface area contributed by atoms with Crippen molar-refractivity contribution in [2.75, 3.05) is 0 Å². The van der Waals surface area contributed by atoms with Crippen molar-refractivity contribution in [1.82, 2.24) is 0 Å². The number of ketones is 1. The van der Waals surface area contributed by atoms with Gasteiger partial charge < -0.3 is 0 Å². The fourth-order valence-corrected chi connectivity index (χ4v) is 2.53. The van der Waals surface area contributed by atoms with E-state index in [1.807, 2.05) is 0 Å². The van der Waals surface area contributed by atoms with Gasteiger partial charge in [-0.25, -0.2) is 0 Å². The lowest BCUT2D eigenvalue weighted by Crippen LogP contribution is -2.06. The smallest absolute Gasteiger partial charge is 0.289 e. The van der Waals surface area contributed by atoms with Crippen molar-refractivity contribution in [2.24, 2.45) is 0 Å². The average molecular weight is 276 g/mol. The lowest BCUT2D eigenvalue weighted by molar-refractivity contribution is 0.103. The SMILES string of the molecule is Cc1ccc(C(=O)c2ccccc2)cc1S(=O)(=O)O. The molecule has 2 aromatic rings. The van der Waals surface area contributed by atoms with Crippen LogP contribution in [0.4, 0.5) is 0 Å². The summed E-state index contributed by atoms with van der Waals surface area (Å²) < 4.78 is 31.5. The van der Waals surface area contributed by atoms with Gasteiger partial charge in [0, 0.05) is 11.1 Å². The molecule has 0 unspecified atom stereocenters. The molecule has 0 bridgehead atoms. The number of carbonyl (C=O) groups is 1. The molecule has 0 heterocycles. The van der Waals surface area contributed by atoms with Crippen LogP contribution in [0, 0.1) is 6.92 Å². The summed E-state index contributed by atoms with van der Waals surface area (Å²) in [6, 6.07) is 12.8. The topological polar surface area (TPSA) is 71.4 Å². The number of hydrogen-bond acceptors (Lipinski definition) is 3. The average Bonchev–Trinajstić information content (AvgIpc) is 2.38. The molecule has 0 spiro atoms. The third-order valence-electron chi connectivity index (χ3n) is 2.76. The van der Waals surface area contributed by atoms with Gasteiger partial charge in [-0.2, -0.15) is 8.42 Å². The summed E-state index contributed by atoms with van der Waals surface area (Å²) in [6.07, 6.45) is 0. The first-order valence-corrected chi connectivity index (χ1v) is 7.01. The van der Waals surface area contributed by atoms with Gasteiger partial charge >= 0.3 is 0 Å². The van der Waals surface area contributed by atoms with E-state index in [1.54, 1.807) is 43.3 Å². The second kappa shape index (κ2) is 4.95. The maximum Gasteiger partial charge on any atom is 0.294 e. The normalized spacial score (nSPS) is 11.3. The molecule has 2 aromatic carbocycles. The number of hydrogen-bond donors (Lipinski definition) is 1. The molecule has 5 heteroatoms. The minimum atomic E-state index is -4.32. The molecule has 0 aliphatic rings. The molecular weight excluding hydrogens is 264 g/mol. The van der Waals surface area contributed by atoms with Crippen LogP contribution in [0.25, 0.3) is 0 Å². The Bertz CT molecular complexity index is 718. The van der Waals surface area contributed by atoms with Crippen LogP contribution < -0.4 is 0 Å². The molecule has 0 aliphatic heterocycles. The zero-order chi connectivity index (χ0) is 14.0. The fourth-order valence-electron chi connectivity index (χ4n) is 1.78. The number of aryl methyl sites for hydroxylation is 1. The summed E-state index contributed by atoms with van der Waals surface area (Å²) >= 11 is 0. The predicted molar refractivity (Wildman–Crippen MR) is 70.9 cm³/mol. The molecule has 0 aromatic heterocycles. The zero-order valence-electron chi connectivity index (χ0n) is 10.2. The monoisotopic (exact) mass is 276 g/mol. The van der Waals surface area contributed by atoms with E-state index in [1.165, 1.54) is 12.1 Å². The quantitative estimate of drug-likeness (QED) is 0.690. The molecular formula is C14H12O4S. The van der Waals surface area contributed by atoms with E-state index >= 15 is 0 Å². The summed E-state index contributed by atoms with van der Waals surface area (Å²) in [6.45, 7) is 1.56. The van der Waals surface area contributed by atoms with Gasteiger partial charge in [-0.05, 0) is 18.6 Å². The van der Waals surface area contributed by atoms with Crippen LogP contribution >= 0.6 is 0 Å². The molecule has 0 aliphatic carbocycles. The van der Waals surface area contributed by atoms with Crippen LogP contribution in [-0.4, -0.2) is 18.8 Å². The first-order valence-electron chi connectivity index (χ1n) is 5.57. The first kappa shape index (κ1) is 13.5. The molecule has 0 atom stereocenters. The number of benzene rings is 2. The molecule has 4 nitrogen and oxygen atoms in total. The van der Waals surface area contributed by atoms with E-state index in [4.69, 9.17) is 4.55 Å². The van der Waals surface area contributed by atoms with Crippen molar-refractivity contribution >= 4 is 15.9 Å². The summed E-state index contributed by atoms with van der Waals surface area (Å²) in [5, 5.41) is 0. The second-order valence-corrected chi connectivity index (χ2v) is 5.54. The van der Waals surface area contributed by atoms with Crippen molar-refractivity contribution in [3.63, 3.8) is 0 Å². The highest BCUT2D eigenvalue weighted by Crippen LogP contribution is 2.19. The Balaban J connectivity index is 2.51. The zero-order valence-corrected chi connectivity index (χ0v) is 11.0. The lowest BCUT2D eigenvalue weighted by atomic mass is 10.0. The van der Waals surface area contributed by atoms with Crippen LogP contribution in [0.3, 0.4) is 0 Å². The first-order chi connectivity index (χ1) is 8.89. The molecule has 19 heavy (non-hydrogen) atoms. The Kier molecular flexibility index (Phi) is 3.50. The number of carbonyl (C=O) groups excluding carboxylic acids is 1. The third kappa shape index (κ3) is 2.89. The van der Waals surface area contributed by atoms with E-state index in [0.717, 1.165) is 0 Å². The van der Waals surface area contributed by atoms with Crippen molar-refractivity contribution in [1.29, 1.82) is 0 Å². The highest BCUT2D eigenvalue weighted by Gasteiger charge is 2.17. The predicted octanol–water partition coefficient (Wildman–Crippen LogP) is 2.47. The minimum Gasteiger partial charge on any atom is -0.289 e. The summed E-state index contributed by atoms with van der Waals surface area (Å²) in [5.74, 6) is -0.287. The summed E-state index contributed by atoms with van der Waals surface area (Å²) in [5.41, 5.74) is 1.09. The summed E-state index contributed by atoms with van der Waals surface area (Å²) in [4.78, 5) is 11.9. The van der Waals surface area contributed by atoms with Crippen molar-refractivity contribution in [2.45, 2.75) is 11.8 Å². The fraction of sp³-hybridized carbons (Fsp3) is 0.0714. The molecule has 0 amide bonds. The lowest BCUT2D eigenvalue weighted by Gasteiger charge is -2.06. The Morgan fingerprint density at radius 2 is 1.63 bits per heavy atom. The number of rotatable bonds is 3. The highest BCUT2D eigenvalue weighted by atomic mass is 32.2. The van der Waals surface area contributed by atoms with Gasteiger partial charge in [0.05, 0.1) is 4.90 Å². The molecule has 2 rings (SSSR count). The van der Waals surface area contributed by atoms with E-state index in [9.17, 15) is 13.2 Å². The molecule has 0 fully saturated rings. The molecule has 0 saturated carbocycles. The largest absolute Gasteiger partial charge is 0.294 e. The third-order valence-corrected chi connectivity index (χ3v) is 3.76. The van der Waals surface area contributed by atoms with Crippen LogP contribution in [0.1, 0.15) is 21.5 Å². The maximum absolute atomic E-state index is 12.2. The molecule has 1 N–H and O–H groups in total. The molecule has 0 radical (unpaired) electrons. The van der Waals surface area contributed by atoms with Crippen LogP contribution in [0.2, 0.25) is 0 Å². The van der Waals surface area contributed by atoms with Gasteiger partial charge in [0.15, 0.2) is 5.78 Å². The van der Waals surface area contributed by atoms with E-state index in [2.05, 4.69) is 0 Å². The van der Waals surface area contributed by atoms with Crippen molar-refractivity contribution < 1.29 is 17.8 Å². The summed E-state index contributed by atoms with van der Waals surface area (Å²) in [7, 11) is -4.32. The van der Waals surface area contributed by atoms with Crippen LogP contribution in [0.5, 0.6) is 0 Å². The molecule has 0 saturated heterocycles. The Morgan fingerprint density at radius 3 is 2.21 bits per heavy atom. The molecule has 98 valence electrons. The van der Waals surface area contributed by atoms with Crippen molar-refractivity contribution in [3.05, 3.63) is 65.2 Å². The van der Waals surface area contributed by atoms with E-state index in [-0.39, 0.29) is 16.2 Å².